The van der Waals surface area contributed by atoms with Crippen LogP contribution in [0.1, 0.15) is 22.3 Å². The van der Waals surface area contributed by atoms with Gasteiger partial charge >= 0.3 is 0 Å². The van der Waals surface area contributed by atoms with Crippen LogP contribution in [-0.2, 0) is 0 Å². The second-order valence-corrected chi connectivity index (χ2v) is 15.6. The standard InChI is InChI=1S/C54H41N3/c1-34-26-28-36(3)46(30-34)55(40-18-7-5-8-19-40)53-42-22-13-11-16-38(42)32-48-50(53)44-24-15-25-45-51-49(57(48)52(44)45)33-39-17-12-14-23-43(39)54(51)56(41-20-9-6-10-21-41)47-31-35(2)27-29-37(47)4/h5-33H,1-4H3. The predicted octanol–water partition coefficient (Wildman–Crippen LogP) is 15.3. The fourth-order valence-corrected chi connectivity index (χ4v) is 9.39. The van der Waals surface area contributed by atoms with Crippen molar-refractivity contribution in [3.63, 3.8) is 0 Å². The molecule has 2 aromatic heterocycles. The summed E-state index contributed by atoms with van der Waals surface area (Å²) in [6.07, 6.45) is 0. The van der Waals surface area contributed by atoms with Gasteiger partial charge in [0.05, 0.1) is 27.9 Å². The highest BCUT2D eigenvalue weighted by Crippen LogP contribution is 2.53. The van der Waals surface area contributed by atoms with Crippen LogP contribution in [-0.4, -0.2) is 4.40 Å². The van der Waals surface area contributed by atoms with E-state index in [9.17, 15) is 0 Å². The minimum absolute atomic E-state index is 1.14. The summed E-state index contributed by atoms with van der Waals surface area (Å²) in [5, 5.41) is 9.88. The van der Waals surface area contributed by atoms with Gasteiger partial charge in [0.2, 0.25) is 0 Å². The van der Waals surface area contributed by atoms with Gasteiger partial charge in [-0.1, -0.05) is 127 Å². The van der Waals surface area contributed by atoms with Gasteiger partial charge in [-0.2, -0.15) is 0 Å². The zero-order chi connectivity index (χ0) is 38.4. The maximum Gasteiger partial charge on any atom is 0.0640 e. The second kappa shape index (κ2) is 12.7. The second-order valence-electron chi connectivity index (χ2n) is 15.6. The van der Waals surface area contributed by atoms with Gasteiger partial charge in [-0.3, -0.25) is 0 Å². The number of benzene rings is 9. The van der Waals surface area contributed by atoms with E-state index in [1.54, 1.807) is 0 Å². The molecular formula is C54H41N3. The Labute approximate surface area is 332 Å². The number of hydrogen-bond donors (Lipinski definition) is 0. The monoisotopic (exact) mass is 731 g/mol. The first-order valence-corrected chi connectivity index (χ1v) is 19.9. The number of rotatable bonds is 6. The molecule has 0 fully saturated rings. The number of aromatic nitrogens is 1. The van der Waals surface area contributed by atoms with Crippen molar-refractivity contribution in [3.8, 4) is 0 Å². The topological polar surface area (TPSA) is 10.9 Å². The number of anilines is 6. The van der Waals surface area contributed by atoms with E-state index in [0.717, 1.165) is 11.4 Å². The van der Waals surface area contributed by atoms with Gasteiger partial charge in [0.25, 0.3) is 0 Å². The van der Waals surface area contributed by atoms with Crippen molar-refractivity contribution in [2.45, 2.75) is 27.7 Å². The van der Waals surface area contributed by atoms with E-state index >= 15 is 0 Å². The molecule has 9 aromatic carbocycles. The lowest BCUT2D eigenvalue weighted by molar-refractivity contribution is 1.25. The molecule has 0 radical (unpaired) electrons. The predicted molar refractivity (Wildman–Crippen MR) is 244 cm³/mol. The molecule has 0 aliphatic heterocycles. The summed E-state index contributed by atoms with van der Waals surface area (Å²) >= 11 is 0. The van der Waals surface area contributed by atoms with Crippen LogP contribution in [0.2, 0.25) is 0 Å². The Morgan fingerprint density at radius 1 is 0.368 bits per heavy atom. The van der Waals surface area contributed by atoms with E-state index in [2.05, 4.69) is 218 Å². The number of hydrogen-bond acceptors (Lipinski definition) is 2. The molecule has 272 valence electrons. The van der Waals surface area contributed by atoms with Crippen molar-refractivity contribution in [3.05, 3.63) is 198 Å². The van der Waals surface area contributed by atoms with E-state index in [-0.39, 0.29) is 0 Å². The number of para-hydroxylation sites is 3. The molecule has 11 aromatic rings. The molecule has 0 aliphatic carbocycles. The third-order valence-electron chi connectivity index (χ3n) is 12.0. The molecule has 57 heavy (non-hydrogen) atoms. The fourth-order valence-electron chi connectivity index (χ4n) is 9.39. The first-order chi connectivity index (χ1) is 28.0. The quantitative estimate of drug-likeness (QED) is 0.169. The van der Waals surface area contributed by atoms with Crippen molar-refractivity contribution < 1.29 is 0 Å². The van der Waals surface area contributed by atoms with Gasteiger partial charge in [-0.25, -0.2) is 0 Å². The lowest BCUT2D eigenvalue weighted by atomic mass is 9.97. The Bertz CT molecular complexity index is 3120. The molecule has 3 heteroatoms. The Balaban J connectivity index is 1.35. The van der Waals surface area contributed by atoms with Crippen LogP contribution in [0.5, 0.6) is 0 Å². The van der Waals surface area contributed by atoms with E-state index < -0.39 is 0 Å². The van der Waals surface area contributed by atoms with Crippen LogP contribution in [0.3, 0.4) is 0 Å². The molecule has 0 atom stereocenters. The highest BCUT2D eigenvalue weighted by atomic mass is 15.2. The van der Waals surface area contributed by atoms with Crippen LogP contribution in [0.15, 0.2) is 176 Å². The molecule has 0 amide bonds. The molecule has 0 aliphatic rings. The van der Waals surface area contributed by atoms with Gasteiger partial charge in [-0.05, 0) is 109 Å². The molecule has 0 bridgehead atoms. The van der Waals surface area contributed by atoms with E-state index in [1.807, 2.05) is 0 Å². The molecule has 2 heterocycles. The van der Waals surface area contributed by atoms with Crippen molar-refractivity contribution >= 4 is 93.8 Å². The third kappa shape index (κ3) is 4.98. The lowest BCUT2D eigenvalue weighted by Crippen LogP contribution is -2.13. The Morgan fingerprint density at radius 2 is 0.772 bits per heavy atom. The fraction of sp³-hybridized carbons (Fsp3) is 0.0741. The molecular weight excluding hydrogens is 691 g/mol. The normalized spacial score (nSPS) is 11.9. The van der Waals surface area contributed by atoms with Crippen molar-refractivity contribution in [2.24, 2.45) is 0 Å². The first kappa shape index (κ1) is 33.3. The Morgan fingerprint density at radius 3 is 1.23 bits per heavy atom. The summed E-state index contributed by atoms with van der Waals surface area (Å²) in [5.74, 6) is 0. The van der Waals surface area contributed by atoms with Crippen LogP contribution >= 0.6 is 0 Å². The van der Waals surface area contributed by atoms with Crippen molar-refractivity contribution in [2.75, 3.05) is 9.80 Å². The van der Waals surface area contributed by atoms with Crippen LogP contribution in [0.25, 0.3) is 59.6 Å². The van der Waals surface area contributed by atoms with Gasteiger partial charge in [0.15, 0.2) is 0 Å². The maximum absolute atomic E-state index is 2.57. The van der Waals surface area contributed by atoms with Gasteiger partial charge < -0.3 is 14.2 Å². The summed E-state index contributed by atoms with van der Waals surface area (Å²) < 4.78 is 2.57. The van der Waals surface area contributed by atoms with E-state index in [4.69, 9.17) is 0 Å². The molecule has 3 nitrogen and oxygen atoms in total. The first-order valence-electron chi connectivity index (χ1n) is 19.9. The molecule has 0 N–H and O–H groups in total. The molecule has 0 saturated carbocycles. The van der Waals surface area contributed by atoms with Gasteiger partial charge in [-0.15, -0.1) is 0 Å². The van der Waals surface area contributed by atoms with Crippen LogP contribution < -0.4 is 9.80 Å². The van der Waals surface area contributed by atoms with Crippen molar-refractivity contribution in [1.82, 2.24) is 4.40 Å². The largest absolute Gasteiger partial charge is 0.309 e. The van der Waals surface area contributed by atoms with Crippen LogP contribution in [0, 0.1) is 27.7 Å². The van der Waals surface area contributed by atoms with Crippen molar-refractivity contribution in [1.29, 1.82) is 0 Å². The molecule has 0 unspecified atom stereocenters. The molecule has 0 spiro atoms. The minimum Gasteiger partial charge on any atom is -0.309 e. The van der Waals surface area contributed by atoms with Crippen LogP contribution in [0.4, 0.5) is 34.1 Å². The van der Waals surface area contributed by atoms with Gasteiger partial charge in [0, 0.05) is 55.1 Å². The third-order valence-corrected chi connectivity index (χ3v) is 12.0. The Hall–Kier alpha value is -7.10. The number of aryl methyl sites for hydroxylation is 4. The average Bonchev–Trinajstić information content (AvgIpc) is 3.76. The lowest BCUT2D eigenvalue weighted by Gasteiger charge is -2.30. The van der Waals surface area contributed by atoms with Gasteiger partial charge in [0.1, 0.15) is 0 Å². The summed E-state index contributed by atoms with van der Waals surface area (Å²) in [6.45, 7) is 8.85. The van der Waals surface area contributed by atoms with E-state index in [0.29, 0.717) is 0 Å². The minimum atomic E-state index is 1.14. The molecule has 0 saturated heterocycles. The zero-order valence-corrected chi connectivity index (χ0v) is 32.6. The maximum atomic E-state index is 2.57. The smallest absolute Gasteiger partial charge is 0.0640 e. The number of nitrogens with zero attached hydrogens (tertiary/aromatic N) is 3. The van der Waals surface area contributed by atoms with E-state index in [1.165, 1.54) is 105 Å². The highest BCUT2D eigenvalue weighted by Gasteiger charge is 2.29. The Kier molecular flexibility index (Phi) is 7.42. The molecule has 11 rings (SSSR count). The summed E-state index contributed by atoms with van der Waals surface area (Å²) in [5.41, 5.74) is 15.7. The highest BCUT2D eigenvalue weighted by molar-refractivity contribution is 6.33. The average molecular weight is 732 g/mol. The zero-order valence-electron chi connectivity index (χ0n) is 32.6. The SMILES string of the molecule is Cc1ccc(C)c(N(c2ccccc2)c2c3ccccc3cc3c2c2cccc4c5c(N(c6ccccc6)c6cc(C)ccc6C)c6ccccc6cc5n3c24)c1. The number of fused-ring (bicyclic) bond motifs is 8. The summed E-state index contributed by atoms with van der Waals surface area (Å²) in [6, 6.07) is 65.0. The summed E-state index contributed by atoms with van der Waals surface area (Å²) in [4.78, 5) is 5.02. The summed E-state index contributed by atoms with van der Waals surface area (Å²) in [7, 11) is 0.